The third-order valence-electron chi connectivity index (χ3n) is 3.17. The Morgan fingerprint density at radius 1 is 1.37 bits per heavy atom. The predicted molar refractivity (Wildman–Crippen MR) is 71.1 cm³/mol. The summed E-state index contributed by atoms with van der Waals surface area (Å²) in [7, 11) is -3.52. The minimum Gasteiger partial charge on any atom is -0.366 e. The normalized spacial score (nSPS) is 19.5. The lowest BCUT2D eigenvalue weighted by molar-refractivity contribution is 0.1000. The smallest absolute Gasteiger partial charge is 0.248 e. The van der Waals surface area contributed by atoms with Crippen molar-refractivity contribution in [1.29, 1.82) is 0 Å². The summed E-state index contributed by atoms with van der Waals surface area (Å²) in [5, 5.41) is 3.18. The zero-order chi connectivity index (χ0) is 13.9. The van der Waals surface area contributed by atoms with Crippen LogP contribution in [-0.2, 0) is 10.0 Å². The van der Waals surface area contributed by atoms with Crippen LogP contribution in [0.1, 0.15) is 16.8 Å². The van der Waals surface area contributed by atoms with E-state index in [4.69, 9.17) is 5.73 Å². The fraction of sp³-hybridized carbons (Fsp3) is 0.417. The number of carbonyl (C=O) groups is 1. The molecule has 1 aliphatic rings. The van der Waals surface area contributed by atoms with Crippen molar-refractivity contribution >= 4 is 15.9 Å². The Morgan fingerprint density at radius 2 is 2.05 bits per heavy atom. The molecule has 0 spiro atoms. The van der Waals surface area contributed by atoms with E-state index in [0.29, 0.717) is 18.0 Å². The van der Waals surface area contributed by atoms with Gasteiger partial charge in [0.1, 0.15) is 0 Å². The van der Waals surface area contributed by atoms with Gasteiger partial charge in [-0.05, 0) is 49.7 Å². The van der Waals surface area contributed by atoms with Gasteiger partial charge in [0.25, 0.3) is 0 Å². The van der Waals surface area contributed by atoms with E-state index in [9.17, 15) is 13.2 Å². The number of benzene rings is 1. The van der Waals surface area contributed by atoms with Gasteiger partial charge in [0.2, 0.25) is 15.9 Å². The lowest BCUT2D eigenvalue weighted by Gasteiger charge is -2.11. The number of amides is 1. The van der Waals surface area contributed by atoms with Crippen LogP contribution in [0.3, 0.4) is 0 Å². The third-order valence-corrected chi connectivity index (χ3v) is 4.61. The molecule has 1 aromatic carbocycles. The summed E-state index contributed by atoms with van der Waals surface area (Å²) < 4.78 is 26.6. The van der Waals surface area contributed by atoms with Crippen LogP contribution in [0, 0.1) is 5.92 Å². The van der Waals surface area contributed by atoms with Gasteiger partial charge in [0, 0.05) is 12.1 Å². The van der Waals surface area contributed by atoms with Crippen molar-refractivity contribution in [2.75, 3.05) is 19.6 Å². The summed E-state index contributed by atoms with van der Waals surface area (Å²) in [6, 6.07) is 5.59. The van der Waals surface area contributed by atoms with Crippen LogP contribution in [0.4, 0.5) is 0 Å². The van der Waals surface area contributed by atoms with Gasteiger partial charge in [-0.1, -0.05) is 0 Å². The van der Waals surface area contributed by atoms with Gasteiger partial charge in [-0.3, -0.25) is 4.79 Å². The average molecular weight is 283 g/mol. The highest BCUT2D eigenvalue weighted by Crippen LogP contribution is 2.12. The minimum absolute atomic E-state index is 0.142. The SMILES string of the molecule is NC(=O)c1ccc(S(=O)(=O)NCC2CCNC2)cc1. The van der Waals surface area contributed by atoms with E-state index >= 15 is 0 Å². The van der Waals surface area contributed by atoms with E-state index in [1.807, 2.05) is 0 Å². The highest BCUT2D eigenvalue weighted by molar-refractivity contribution is 7.89. The molecule has 4 N–H and O–H groups in total. The van der Waals surface area contributed by atoms with Gasteiger partial charge >= 0.3 is 0 Å². The number of nitrogens with one attached hydrogen (secondary N) is 2. The lowest BCUT2D eigenvalue weighted by atomic mass is 10.1. The molecule has 6 nitrogen and oxygen atoms in total. The Hall–Kier alpha value is -1.44. The third kappa shape index (κ3) is 3.52. The molecule has 0 aromatic heterocycles. The molecule has 0 saturated carbocycles. The van der Waals surface area contributed by atoms with E-state index in [-0.39, 0.29) is 4.90 Å². The zero-order valence-corrected chi connectivity index (χ0v) is 11.2. The maximum absolute atomic E-state index is 12.0. The molecule has 1 unspecified atom stereocenters. The van der Waals surface area contributed by atoms with Crippen LogP contribution in [0.5, 0.6) is 0 Å². The van der Waals surface area contributed by atoms with Crippen molar-refractivity contribution in [2.24, 2.45) is 11.7 Å². The summed E-state index contributed by atoms with van der Waals surface area (Å²) in [4.78, 5) is 11.1. The Morgan fingerprint density at radius 3 is 2.58 bits per heavy atom. The molecular weight excluding hydrogens is 266 g/mol. The monoisotopic (exact) mass is 283 g/mol. The van der Waals surface area contributed by atoms with E-state index < -0.39 is 15.9 Å². The first kappa shape index (κ1) is 14.0. The Bertz CT molecular complexity index is 548. The molecule has 1 atom stereocenters. The van der Waals surface area contributed by atoms with E-state index in [2.05, 4.69) is 10.0 Å². The zero-order valence-electron chi connectivity index (χ0n) is 10.4. The second kappa shape index (κ2) is 5.68. The summed E-state index contributed by atoms with van der Waals surface area (Å²) in [6.45, 7) is 2.19. The van der Waals surface area contributed by atoms with Gasteiger partial charge in [-0.2, -0.15) is 0 Å². The molecule has 1 fully saturated rings. The number of hydrogen-bond acceptors (Lipinski definition) is 4. The minimum atomic E-state index is -3.52. The van der Waals surface area contributed by atoms with Gasteiger partial charge in [0.05, 0.1) is 4.90 Å². The fourth-order valence-corrected chi connectivity index (χ4v) is 3.11. The molecular formula is C12H17N3O3S. The van der Waals surface area contributed by atoms with E-state index in [0.717, 1.165) is 19.5 Å². The molecule has 2 rings (SSSR count). The molecule has 0 bridgehead atoms. The molecule has 19 heavy (non-hydrogen) atoms. The van der Waals surface area contributed by atoms with Crippen molar-refractivity contribution in [2.45, 2.75) is 11.3 Å². The highest BCUT2D eigenvalue weighted by atomic mass is 32.2. The van der Waals surface area contributed by atoms with Crippen LogP contribution in [0.15, 0.2) is 29.2 Å². The topological polar surface area (TPSA) is 101 Å². The quantitative estimate of drug-likeness (QED) is 0.689. The van der Waals surface area contributed by atoms with Crippen molar-refractivity contribution in [1.82, 2.24) is 10.0 Å². The summed E-state index contributed by atoms with van der Waals surface area (Å²) in [5.41, 5.74) is 5.39. The van der Waals surface area contributed by atoms with Crippen molar-refractivity contribution in [3.8, 4) is 0 Å². The number of carbonyl (C=O) groups excluding carboxylic acids is 1. The molecule has 1 heterocycles. The number of rotatable bonds is 5. The molecule has 1 saturated heterocycles. The fourth-order valence-electron chi connectivity index (χ4n) is 2.00. The maximum atomic E-state index is 12.0. The van der Waals surface area contributed by atoms with Crippen LogP contribution < -0.4 is 15.8 Å². The Labute approximate surface area is 112 Å². The number of primary amides is 1. The highest BCUT2D eigenvalue weighted by Gasteiger charge is 2.19. The van der Waals surface area contributed by atoms with Crippen molar-refractivity contribution in [3.63, 3.8) is 0 Å². The molecule has 0 aliphatic carbocycles. The van der Waals surface area contributed by atoms with Gasteiger partial charge in [0.15, 0.2) is 0 Å². The lowest BCUT2D eigenvalue weighted by Crippen LogP contribution is -2.30. The Balaban J connectivity index is 2.03. The Kier molecular flexibility index (Phi) is 4.18. The molecule has 1 aromatic rings. The molecule has 1 aliphatic heterocycles. The first-order chi connectivity index (χ1) is 8.99. The number of hydrogen-bond donors (Lipinski definition) is 3. The molecule has 104 valence electrons. The average Bonchev–Trinajstić information content (AvgIpc) is 2.90. The second-order valence-corrected chi connectivity index (χ2v) is 6.37. The summed E-state index contributed by atoms with van der Waals surface area (Å²) >= 11 is 0. The first-order valence-electron chi connectivity index (χ1n) is 6.09. The molecule has 1 amide bonds. The van der Waals surface area contributed by atoms with Gasteiger partial charge in [-0.15, -0.1) is 0 Å². The number of sulfonamides is 1. The van der Waals surface area contributed by atoms with Crippen LogP contribution in [0.2, 0.25) is 0 Å². The first-order valence-corrected chi connectivity index (χ1v) is 7.57. The van der Waals surface area contributed by atoms with Crippen LogP contribution >= 0.6 is 0 Å². The van der Waals surface area contributed by atoms with Crippen LogP contribution in [0.25, 0.3) is 0 Å². The maximum Gasteiger partial charge on any atom is 0.248 e. The largest absolute Gasteiger partial charge is 0.366 e. The summed E-state index contributed by atoms with van der Waals surface area (Å²) in [5.74, 6) is -0.242. The van der Waals surface area contributed by atoms with E-state index in [1.165, 1.54) is 24.3 Å². The van der Waals surface area contributed by atoms with Gasteiger partial charge < -0.3 is 11.1 Å². The van der Waals surface area contributed by atoms with Crippen LogP contribution in [-0.4, -0.2) is 34.0 Å². The molecule has 7 heteroatoms. The standard InChI is InChI=1S/C12H17N3O3S/c13-12(16)10-1-3-11(4-2-10)19(17,18)15-8-9-5-6-14-7-9/h1-4,9,14-15H,5-8H2,(H2,13,16). The molecule has 0 radical (unpaired) electrons. The number of nitrogens with two attached hydrogens (primary N) is 1. The van der Waals surface area contributed by atoms with Crippen molar-refractivity contribution < 1.29 is 13.2 Å². The van der Waals surface area contributed by atoms with E-state index in [1.54, 1.807) is 0 Å². The predicted octanol–water partition coefficient (Wildman–Crippen LogP) is -0.327. The van der Waals surface area contributed by atoms with Gasteiger partial charge in [-0.25, -0.2) is 13.1 Å². The summed E-state index contributed by atoms with van der Waals surface area (Å²) in [6.07, 6.45) is 0.975. The van der Waals surface area contributed by atoms with Crippen molar-refractivity contribution in [3.05, 3.63) is 29.8 Å². The second-order valence-electron chi connectivity index (χ2n) is 4.60.